The number of hydrogen-bond acceptors (Lipinski definition) is 9. The highest BCUT2D eigenvalue weighted by atomic mass is 35.5. The van der Waals surface area contributed by atoms with E-state index in [4.69, 9.17) is 16.4 Å². The molecule has 42 heavy (non-hydrogen) atoms. The summed E-state index contributed by atoms with van der Waals surface area (Å²) >= 11 is 6.43. The molecule has 0 saturated heterocycles. The van der Waals surface area contributed by atoms with Gasteiger partial charge in [0.05, 0.1) is 47.4 Å². The first-order chi connectivity index (χ1) is 20.3. The highest BCUT2D eigenvalue weighted by Crippen LogP contribution is 2.31. The van der Waals surface area contributed by atoms with Gasteiger partial charge in [-0.1, -0.05) is 58.4 Å². The van der Waals surface area contributed by atoms with Gasteiger partial charge < -0.3 is 20.2 Å². The summed E-state index contributed by atoms with van der Waals surface area (Å²) in [6.45, 7) is 3.45. The number of nitrogens with one attached hydrogen (secondary N) is 1. The van der Waals surface area contributed by atoms with Crippen LogP contribution in [0.5, 0.6) is 6.01 Å². The standard InChI is InChI=1S/C29H25ClN8O4/c1-16-6-5-7-18(10-16)24(15-39)33-27(40)17(2)37-14-23-20(28(37)41)11-19(12-31-23)26-21(30)13-32-29(34-26)42-38-25-9-4-3-8-22(25)35-36-38/h3-13,17,24,39H,14-15H2,1-2H3,(H,33,40)/t17-,24-/m1/s1. The lowest BCUT2D eigenvalue weighted by Crippen LogP contribution is -2.46. The van der Waals surface area contributed by atoms with Gasteiger partial charge in [-0.15, -0.1) is 5.10 Å². The van der Waals surface area contributed by atoms with Gasteiger partial charge in [-0.25, -0.2) is 4.98 Å². The summed E-state index contributed by atoms with van der Waals surface area (Å²) in [4.78, 5) is 48.0. The van der Waals surface area contributed by atoms with Gasteiger partial charge in [-0.05, 0) is 42.8 Å². The Kier molecular flexibility index (Phi) is 7.23. The molecular formula is C29H25ClN8O4. The van der Waals surface area contributed by atoms with Gasteiger partial charge in [0.2, 0.25) is 5.91 Å². The molecule has 13 heteroatoms. The maximum Gasteiger partial charge on any atom is 0.346 e. The van der Waals surface area contributed by atoms with Gasteiger partial charge in [0.1, 0.15) is 17.1 Å². The molecule has 1 aliphatic heterocycles. The van der Waals surface area contributed by atoms with E-state index in [1.807, 2.05) is 43.3 Å². The maximum atomic E-state index is 13.4. The molecule has 6 rings (SSSR count). The molecule has 0 spiro atoms. The minimum Gasteiger partial charge on any atom is -0.394 e. The predicted octanol–water partition coefficient (Wildman–Crippen LogP) is 3.28. The Labute approximate surface area is 244 Å². The quantitative estimate of drug-likeness (QED) is 0.280. The first-order valence-corrected chi connectivity index (χ1v) is 13.5. The zero-order valence-corrected chi connectivity index (χ0v) is 23.4. The normalized spacial score (nSPS) is 14.1. The lowest BCUT2D eigenvalue weighted by Gasteiger charge is -2.26. The summed E-state index contributed by atoms with van der Waals surface area (Å²) in [5.41, 5.74) is 4.70. The van der Waals surface area contributed by atoms with Crippen LogP contribution in [-0.2, 0) is 11.3 Å². The zero-order valence-electron chi connectivity index (χ0n) is 22.6. The fourth-order valence-electron chi connectivity index (χ4n) is 4.78. The second-order valence-electron chi connectivity index (χ2n) is 9.88. The average molecular weight is 585 g/mol. The number of para-hydroxylation sites is 1. The van der Waals surface area contributed by atoms with Crippen LogP contribution in [0.1, 0.15) is 40.1 Å². The molecule has 12 nitrogen and oxygen atoms in total. The van der Waals surface area contributed by atoms with E-state index >= 15 is 0 Å². The topological polar surface area (TPSA) is 148 Å². The number of aliphatic hydroxyl groups excluding tert-OH is 1. The van der Waals surface area contributed by atoms with Crippen molar-refractivity contribution in [3.8, 4) is 17.3 Å². The summed E-state index contributed by atoms with van der Waals surface area (Å²) in [6.07, 6.45) is 2.95. The van der Waals surface area contributed by atoms with Gasteiger partial charge in [0, 0.05) is 11.8 Å². The van der Waals surface area contributed by atoms with Crippen molar-refractivity contribution in [3.63, 3.8) is 0 Å². The average Bonchev–Trinajstić information content (AvgIpc) is 3.56. The van der Waals surface area contributed by atoms with E-state index in [0.717, 1.165) is 11.1 Å². The summed E-state index contributed by atoms with van der Waals surface area (Å²) in [5, 5.41) is 21.0. The molecule has 5 aromatic rings. The summed E-state index contributed by atoms with van der Waals surface area (Å²) in [7, 11) is 0. The summed E-state index contributed by atoms with van der Waals surface area (Å²) < 4.78 is 0. The fraction of sp³-hybridized carbons (Fsp3) is 0.207. The van der Waals surface area contributed by atoms with E-state index in [2.05, 4.69) is 30.6 Å². The SMILES string of the molecule is Cc1cccc([C@@H](CO)NC(=O)[C@@H](C)N2Cc3ncc(-c4nc(On5nnc6ccccc65)ncc4Cl)cc3C2=O)c1. The Balaban J connectivity index is 1.20. The van der Waals surface area contributed by atoms with Gasteiger partial charge in [-0.3, -0.25) is 14.6 Å². The minimum atomic E-state index is -0.811. The number of halogens is 1. The molecule has 0 aliphatic carbocycles. The van der Waals surface area contributed by atoms with Gasteiger partial charge in [0.15, 0.2) is 0 Å². The maximum absolute atomic E-state index is 13.4. The number of amides is 2. The van der Waals surface area contributed by atoms with E-state index in [1.165, 1.54) is 15.9 Å². The lowest BCUT2D eigenvalue weighted by molar-refractivity contribution is -0.126. The Bertz CT molecular complexity index is 1830. The highest BCUT2D eigenvalue weighted by Gasteiger charge is 2.36. The third-order valence-electron chi connectivity index (χ3n) is 7.06. The highest BCUT2D eigenvalue weighted by molar-refractivity contribution is 6.32. The molecule has 3 aromatic heterocycles. The second kappa shape index (κ2) is 11.1. The molecule has 0 unspecified atom stereocenters. The van der Waals surface area contributed by atoms with Crippen molar-refractivity contribution in [2.75, 3.05) is 6.61 Å². The van der Waals surface area contributed by atoms with Gasteiger partial charge >= 0.3 is 6.01 Å². The Morgan fingerprint density at radius 3 is 2.79 bits per heavy atom. The monoisotopic (exact) mass is 584 g/mol. The zero-order chi connectivity index (χ0) is 29.4. The summed E-state index contributed by atoms with van der Waals surface area (Å²) in [5.74, 6) is -0.743. The molecule has 2 atom stereocenters. The molecule has 4 heterocycles. The number of aryl methyl sites for hydroxylation is 1. The van der Waals surface area contributed by atoms with Crippen LogP contribution in [0.25, 0.3) is 22.3 Å². The van der Waals surface area contributed by atoms with Crippen molar-refractivity contribution in [3.05, 3.63) is 94.4 Å². The largest absolute Gasteiger partial charge is 0.394 e. The molecule has 1 aliphatic rings. The summed E-state index contributed by atoms with van der Waals surface area (Å²) in [6, 6.07) is 15.0. The lowest BCUT2D eigenvalue weighted by atomic mass is 10.0. The number of fused-ring (bicyclic) bond motifs is 2. The Hall–Kier alpha value is -4.94. The van der Waals surface area contributed by atoms with Crippen LogP contribution >= 0.6 is 11.6 Å². The number of aliphatic hydroxyl groups is 1. The first-order valence-electron chi connectivity index (χ1n) is 13.1. The second-order valence-corrected chi connectivity index (χ2v) is 10.3. The molecular weight excluding hydrogens is 560 g/mol. The van der Waals surface area contributed by atoms with Crippen LogP contribution in [0, 0.1) is 6.92 Å². The number of nitrogens with zero attached hydrogens (tertiary/aromatic N) is 7. The number of rotatable bonds is 8. The third-order valence-corrected chi connectivity index (χ3v) is 7.33. The van der Waals surface area contributed by atoms with E-state index in [9.17, 15) is 14.7 Å². The fourth-order valence-corrected chi connectivity index (χ4v) is 4.98. The van der Waals surface area contributed by atoms with Crippen molar-refractivity contribution >= 4 is 34.4 Å². The molecule has 0 radical (unpaired) electrons. The smallest absolute Gasteiger partial charge is 0.346 e. The van der Waals surface area contributed by atoms with E-state index in [0.29, 0.717) is 33.5 Å². The van der Waals surface area contributed by atoms with Crippen LogP contribution in [0.3, 0.4) is 0 Å². The van der Waals surface area contributed by atoms with E-state index < -0.39 is 18.0 Å². The van der Waals surface area contributed by atoms with Crippen LogP contribution in [0.2, 0.25) is 5.02 Å². The molecule has 2 aromatic carbocycles. The van der Waals surface area contributed by atoms with E-state index in [-0.39, 0.29) is 30.1 Å². The van der Waals surface area contributed by atoms with Crippen molar-refractivity contribution in [2.24, 2.45) is 0 Å². The molecule has 0 bridgehead atoms. The molecule has 2 N–H and O–H groups in total. The number of aromatic nitrogens is 6. The molecule has 2 amide bonds. The third kappa shape index (κ3) is 5.13. The number of pyridine rings is 1. The number of carbonyl (C=O) groups is 2. The number of carbonyl (C=O) groups excluding carboxylic acids is 2. The Morgan fingerprint density at radius 2 is 1.98 bits per heavy atom. The number of hydrogen-bond donors (Lipinski definition) is 2. The van der Waals surface area contributed by atoms with Gasteiger partial charge in [-0.2, -0.15) is 4.98 Å². The van der Waals surface area contributed by atoms with Crippen molar-refractivity contribution < 1.29 is 19.5 Å². The minimum absolute atomic E-state index is 0.0316. The predicted molar refractivity (Wildman–Crippen MR) is 152 cm³/mol. The molecule has 0 saturated carbocycles. The molecule has 0 fully saturated rings. The Morgan fingerprint density at radius 1 is 1.14 bits per heavy atom. The number of benzene rings is 2. The van der Waals surface area contributed by atoms with Crippen LogP contribution in [-0.4, -0.2) is 64.6 Å². The van der Waals surface area contributed by atoms with Crippen LogP contribution in [0.4, 0.5) is 0 Å². The first kappa shape index (κ1) is 27.2. The van der Waals surface area contributed by atoms with E-state index in [1.54, 1.807) is 31.3 Å². The van der Waals surface area contributed by atoms with Crippen LogP contribution in [0.15, 0.2) is 67.0 Å². The van der Waals surface area contributed by atoms with Crippen molar-refractivity contribution in [1.29, 1.82) is 0 Å². The van der Waals surface area contributed by atoms with Gasteiger partial charge in [0.25, 0.3) is 5.91 Å². The van der Waals surface area contributed by atoms with Crippen molar-refractivity contribution in [2.45, 2.75) is 32.5 Å². The molecule has 212 valence electrons. The van der Waals surface area contributed by atoms with Crippen LogP contribution < -0.4 is 10.2 Å². The van der Waals surface area contributed by atoms with Crippen molar-refractivity contribution in [1.82, 2.24) is 40.3 Å².